The molecule has 1 atom stereocenters. The summed E-state index contributed by atoms with van der Waals surface area (Å²) < 4.78 is 4.64. The Hall–Kier alpha value is -0.0300. The van der Waals surface area contributed by atoms with Crippen molar-refractivity contribution < 1.29 is 11.0 Å². The smallest absolute Gasteiger partial charge is 0.404 e. The van der Waals surface area contributed by atoms with Gasteiger partial charge in [-0.15, -0.1) is 0 Å². The summed E-state index contributed by atoms with van der Waals surface area (Å²) in [5.74, 6) is 2.84. The van der Waals surface area contributed by atoms with E-state index < -0.39 is 6.09 Å². The minimum Gasteiger partial charge on any atom is -0.449 e. The van der Waals surface area contributed by atoms with Crippen molar-refractivity contribution in [2.75, 3.05) is 18.1 Å². The highest BCUT2D eigenvalue weighted by Gasteiger charge is 2.05. The molecule has 0 rings (SSSR count). The van der Waals surface area contributed by atoms with Crippen LogP contribution in [0, 0.1) is 5.92 Å². The van der Waals surface area contributed by atoms with Crippen LogP contribution in [0.1, 0.15) is 41.0 Å². The van der Waals surface area contributed by atoms with Crippen molar-refractivity contribution >= 4 is 27.7 Å². The number of unbranched alkanes of at least 4 members (excludes halogenated alkanes) is 1. The second kappa shape index (κ2) is 11.5. The summed E-state index contributed by atoms with van der Waals surface area (Å²) in [6.07, 6.45) is 4.51. The standard InChI is InChI=1S/C11H23NO2S2.H2/c1-3-5-6-10(4-2)9-16-15-8-7-14-11(12)13;/h10H,3-9H2,1-2H3,(H2,12,13);1H. The molecular formula is C11H25NO2S2. The van der Waals surface area contributed by atoms with Crippen molar-refractivity contribution in [1.29, 1.82) is 0 Å². The Labute approximate surface area is 108 Å². The minimum atomic E-state index is -0.681. The van der Waals surface area contributed by atoms with Crippen LogP contribution in [0.3, 0.4) is 0 Å². The lowest BCUT2D eigenvalue weighted by molar-refractivity contribution is 0.164. The molecule has 1 unspecified atom stereocenters. The molecule has 0 spiro atoms. The molecule has 0 heterocycles. The molecule has 5 heteroatoms. The number of ether oxygens (including phenoxy) is 1. The summed E-state index contributed by atoms with van der Waals surface area (Å²) in [5, 5.41) is 0. The van der Waals surface area contributed by atoms with E-state index in [1.54, 1.807) is 10.8 Å². The number of primary amides is 1. The van der Waals surface area contributed by atoms with E-state index in [0.717, 1.165) is 11.7 Å². The van der Waals surface area contributed by atoms with Gasteiger partial charge in [0.15, 0.2) is 0 Å². The number of nitrogens with two attached hydrogens (primary N) is 1. The largest absolute Gasteiger partial charge is 0.449 e. The Kier molecular flexibility index (Phi) is 11.4. The van der Waals surface area contributed by atoms with Crippen LogP contribution in [0.4, 0.5) is 4.79 Å². The highest BCUT2D eigenvalue weighted by Crippen LogP contribution is 2.27. The first-order valence-corrected chi connectivity index (χ1v) is 8.36. The van der Waals surface area contributed by atoms with Gasteiger partial charge in [-0.05, 0) is 12.3 Å². The molecule has 0 fully saturated rings. The van der Waals surface area contributed by atoms with Crippen LogP contribution >= 0.6 is 21.6 Å². The Balaban J connectivity index is 0. The Morgan fingerprint density at radius 1 is 1.44 bits per heavy atom. The van der Waals surface area contributed by atoms with Gasteiger partial charge in [-0.1, -0.05) is 54.7 Å². The fraction of sp³-hybridized carbons (Fsp3) is 0.909. The van der Waals surface area contributed by atoms with Gasteiger partial charge >= 0.3 is 6.09 Å². The lowest BCUT2D eigenvalue weighted by atomic mass is 10.0. The first kappa shape index (κ1) is 16.0. The van der Waals surface area contributed by atoms with Gasteiger partial charge in [-0.25, -0.2) is 4.79 Å². The molecule has 98 valence electrons. The molecule has 0 aliphatic carbocycles. The third kappa shape index (κ3) is 10.5. The van der Waals surface area contributed by atoms with Crippen molar-refractivity contribution in [3.8, 4) is 0 Å². The predicted octanol–water partition coefficient (Wildman–Crippen LogP) is 3.93. The molecule has 16 heavy (non-hydrogen) atoms. The summed E-state index contributed by atoms with van der Waals surface area (Å²) in [6.45, 7) is 4.90. The third-order valence-corrected chi connectivity index (χ3v) is 4.86. The van der Waals surface area contributed by atoms with E-state index in [1.165, 1.54) is 31.4 Å². The van der Waals surface area contributed by atoms with Gasteiger partial charge in [0, 0.05) is 12.9 Å². The van der Waals surface area contributed by atoms with Crippen molar-refractivity contribution in [3.63, 3.8) is 0 Å². The molecule has 0 aliphatic rings. The molecule has 3 nitrogen and oxygen atoms in total. The van der Waals surface area contributed by atoms with Crippen LogP contribution in [0.2, 0.25) is 0 Å². The van der Waals surface area contributed by atoms with E-state index in [0.29, 0.717) is 6.61 Å². The lowest BCUT2D eigenvalue weighted by Crippen LogP contribution is -2.14. The summed E-state index contributed by atoms with van der Waals surface area (Å²) in [5.41, 5.74) is 4.85. The van der Waals surface area contributed by atoms with Crippen LogP contribution in [-0.4, -0.2) is 24.2 Å². The van der Waals surface area contributed by atoms with Crippen molar-refractivity contribution in [2.24, 2.45) is 11.7 Å². The Bertz CT molecular complexity index is 185. The van der Waals surface area contributed by atoms with Gasteiger partial charge in [0.25, 0.3) is 0 Å². The van der Waals surface area contributed by atoms with Crippen LogP contribution in [-0.2, 0) is 4.74 Å². The van der Waals surface area contributed by atoms with E-state index in [1.807, 2.05) is 10.8 Å². The number of hydrogen-bond acceptors (Lipinski definition) is 4. The summed E-state index contributed by atoms with van der Waals surface area (Å²) in [6, 6.07) is 0. The molecule has 0 saturated heterocycles. The topological polar surface area (TPSA) is 52.3 Å². The molecule has 1 amide bonds. The molecule has 0 aromatic carbocycles. The highest BCUT2D eigenvalue weighted by molar-refractivity contribution is 8.76. The molecule has 0 aliphatic heterocycles. The van der Waals surface area contributed by atoms with Crippen molar-refractivity contribution in [1.82, 2.24) is 0 Å². The molecule has 0 aromatic rings. The van der Waals surface area contributed by atoms with Gasteiger partial charge in [0.1, 0.15) is 6.61 Å². The van der Waals surface area contributed by atoms with E-state index in [2.05, 4.69) is 18.6 Å². The number of rotatable bonds is 10. The van der Waals surface area contributed by atoms with Crippen LogP contribution < -0.4 is 5.73 Å². The maximum atomic E-state index is 10.3. The summed E-state index contributed by atoms with van der Waals surface area (Å²) >= 11 is 0. The van der Waals surface area contributed by atoms with Crippen LogP contribution in [0.5, 0.6) is 0 Å². The SMILES string of the molecule is CCCCC(CC)CSSCCOC(N)=O.[HH]. The number of carbonyl (C=O) groups is 1. The fourth-order valence-corrected chi connectivity index (χ4v) is 3.66. The maximum absolute atomic E-state index is 10.3. The molecule has 0 saturated carbocycles. The fourth-order valence-electron chi connectivity index (χ4n) is 1.28. The number of hydrogen-bond donors (Lipinski definition) is 1. The quantitative estimate of drug-likeness (QED) is 0.481. The monoisotopic (exact) mass is 267 g/mol. The van der Waals surface area contributed by atoms with Crippen LogP contribution in [0.25, 0.3) is 0 Å². The average molecular weight is 267 g/mol. The van der Waals surface area contributed by atoms with Gasteiger partial charge in [0.2, 0.25) is 0 Å². The normalized spacial score (nSPS) is 12.4. The van der Waals surface area contributed by atoms with E-state index >= 15 is 0 Å². The van der Waals surface area contributed by atoms with Crippen LogP contribution in [0.15, 0.2) is 0 Å². The predicted molar refractivity (Wildman–Crippen MR) is 75.9 cm³/mol. The lowest BCUT2D eigenvalue weighted by Gasteiger charge is -2.12. The maximum Gasteiger partial charge on any atom is 0.404 e. The number of amides is 1. The zero-order valence-corrected chi connectivity index (χ0v) is 11.9. The van der Waals surface area contributed by atoms with Gasteiger partial charge in [-0.2, -0.15) is 0 Å². The molecule has 2 N–H and O–H groups in total. The molecule has 0 radical (unpaired) electrons. The molecule has 0 bridgehead atoms. The van der Waals surface area contributed by atoms with E-state index in [9.17, 15) is 4.79 Å². The third-order valence-electron chi connectivity index (χ3n) is 2.34. The first-order chi connectivity index (χ1) is 7.70. The van der Waals surface area contributed by atoms with Crippen molar-refractivity contribution in [3.05, 3.63) is 0 Å². The summed E-state index contributed by atoms with van der Waals surface area (Å²) in [4.78, 5) is 10.3. The Morgan fingerprint density at radius 3 is 2.75 bits per heavy atom. The van der Waals surface area contributed by atoms with Gasteiger partial charge in [0.05, 0.1) is 0 Å². The van der Waals surface area contributed by atoms with E-state index in [4.69, 9.17) is 5.73 Å². The second-order valence-corrected chi connectivity index (χ2v) is 6.32. The molecular weight excluding hydrogens is 242 g/mol. The van der Waals surface area contributed by atoms with Gasteiger partial charge < -0.3 is 10.5 Å². The van der Waals surface area contributed by atoms with E-state index in [-0.39, 0.29) is 1.43 Å². The summed E-state index contributed by atoms with van der Waals surface area (Å²) in [7, 11) is 3.63. The Morgan fingerprint density at radius 2 is 2.19 bits per heavy atom. The second-order valence-electron chi connectivity index (χ2n) is 3.69. The number of carbonyl (C=O) groups excluding carboxylic acids is 1. The zero-order chi connectivity index (χ0) is 12.2. The molecule has 0 aromatic heterocycles. The van der Waals surface area contributed by atoms with Gasteiger partial charge in [-0.3, -0.25) is 0 Å². The van der Waals surface area contributed by atoms with Crippen molar-refractivity contribution in [2.45, 2.75) is 39.5 Å². The first-order valence-electron chi connectivity index (χ1n) is 5.87. The zero-order valence-electron chi connectivity index (χ0n) is 10.2. The average Bonchev–Trinajstić information content (AvgIpc) is 2.26. The highest BCUT2D eigenvalue weighted by atomic mass is 33.1. The minimum absolute atomic E-state index is 0.